The fraction of sp³-hybridized carbons (Fsp3) is 0.900. The van der Waals surface area contributed by atoms with E-state index in [0.717, 1.165) is 26.1 Å². The van der Waals surface area contributed by atoms with Crippen LogP contribution in [0.4, 0.5) is 4.79 Å². The van der Waals surface area contributed by atoms with Gasteiger partial charge in [0.05, 0.1) is 0 Å². The van der Waals surface area contributed by atoms with Gasteiger partial charge in [-0.25, -0.2) is 4.79 Å². The second-order valence-electron chi connectivity index (χ2n) is 4.04. The van der Waals surface area contributed by atoms with Crippen molar-refractivity contribution in [2.24, 2.45) is 0 Å². The van der Waals surface area contributed by atoms with Crippen LogP contribution in [0.15, 0.2) is 0 Å². The van der Waals surface area contributed by atoms with Gasteiger partial charge in [0.25, 0.3) is 0 Å². The first kappa shape index (κ1) is 11.3. The minimum atomic E-state index is 0.0766. The van der Waals surface area contributed by atoms with E-state index in [2.05, 4.69) is 31.4 Å². The molecule has 14 heavy (non-hydrogen) atoms. The highest BCUT2D eigenvalue weighted by atomic mass is 16.2. The zero-order chi connectivity index (χ0) is 10.6. The summed E-state index contributed by atoms with van der Waals surface area (Å²) in [6, 6.07) is 0.773. The molecule has 82 valence electrons. The summed E-state index contributed by atoms with van der Waals surface area (Å²) in [5, 5.41) is 6.26. The molecular formula is C10H21N3O. The van der Waals surface area contributed by atoms with Crippen LogP contribution in [0, 0.1) is 0 Å². The molecule has 2 atom stereocenters. The summed E-state index contributed by atoms with van der Waals surface area (Å²) in [5.74, 6) is 0. The fourth-order valence-corrected chi connectivity index (χ4v) is 1.64. The topological polar surface area (TPSA) is 44.4 Å². The Morgan fingerprint density at radius 3 is 2.93 bits per heavy atom. The number of carbonyl (C=O) groups is 1. The van der Waals surface area contributed by atoms with Gasteiger partial charge in [0, 0.05) is 31.7 Å². The molecule has 0 aliphatic carbocycles. The third kappa shape index (κ3) is 2.87. The first-order valence-electron chi connectivity index (χ1n) is 5.43. The number of nitrogens with one attached hydrogen (secondary N) is 2. The molecule has 0 spiro atoms. The number of urea groups is 1. The van der Waals surface area contributed by atoms with Crippen LogP contribution in [0.1, 0.15) is 27.2 Å². The van der Waals surface area contributed by atoms with E-state index in [1.54, 1.807) is 0 Å². The van der Waals surface area contributed by atoms with Crippen LogP contribution in [-0.2, 0) is 0 Å². The number of piperazine rings is 1. The molecule has 0 aromatic heterocycles. The fourth-order valence-electron chi connectivity index (χ4n) is 1.64. The number of nitrogens with zero attached hydrogens (tertiary/aromatic N) is 1. The maximum Gasteiger partial charge on any atom is 0.317 e. The Balaban J connectivity index is 2.43. The molecule has 1 heterocycles. The van der Waals surface area contributed by atoms with Gasteiger partial charge in [-0.1, -0.05) is 6.92 Å². The molecule has 0 aromatic rings. The summed E-state index contributed by atoms with van der Waals surface area (Å²) in [5.41, 5.74) is 0. The van der Waals surface area contributed by atoms with Crippen molar-refractivity contribution in [3.8, 4) is 0 Å². The van der Waals surface area contributed by atoms with E-state index in [0.29, 0.717) is 12.1 Å². The van der Waals surface area contributed by atoms with Crippen molar-refractivity contribution < 1.29 is 4.79 Å². The van der Waals surface area contributed by atoms with E-state index in [9.17, 15) is 4.79 Å². The van der Waals surface area contributed by atoms with Crippen molar-refractivity contribution in [3.05, 3.63) is 0 Å². The number of rotatable bonds is 2. The standard InChI is InChI=1S/C10H21N3O/c1-4-5-11-10(14)13-7-8(2)12-6-9(13)3/h8-9,12H,4-7H2,1-3H3,(H,11,14). The van der Waals surface area contributed by atoms with Gasteiger partial charge in [0.15, 0.2) is 0 Å². The number of hydrogen-bond donors (Lipinski definition) is 2. The molecule has 2 amide bonds. The molecule has 1 aliphatic rings. The normalized spacial score (nSPS) is 27.5. The molecule has 4 heteroatoms. The number of carbonyl (C=O) groups excluding carboxylic acids is 1. The molecule has 1 saturated heterocycles. The molecule has 2 unspecified atom stereocenters. The van der Waals surface area contributed by atoms with E-state index in [1.165, 1.54) is 0 Å². The van der Waals surface area contributed by atoms with Gasteiger partial charge in [-0.15, -0.1) is 0 Å². The van der Waals surface area contributed by atoms with Crippen molar-refractivity contribution in [1.29, 1.82) is 0 Å². The summed E-state index contributed by atoms with van der Waals surface area (Å²) in [4.78, 5) is 13.6. The summed E-state index contributed by atoms with van der Waals surface area (Å²) >= 11 is 0. The number of amides is 2. The first-order chi connectivity index (χ1) is 6.65. The predicted octanol–water partition coefficient (Wildman–Crippen LogP) is 0.788. The Bertz CT molecular complexity index is 196. The molecule has 1 aliphatic heterocycles. The van der Waals surface area contributed by atoms with Crippen LogP contribution in [0.3, 0.4) is 0 Å². The van der Waals surface area contributed by atoms with Crippen LogP contribution in [-0.4, -0.2) is 42.6 Å². The number of hydrogen-bond acceptors (Lipinski definition) is 2. The smallest absolute Gasteiger partial charge is 0.317 e. The molecule has 0 bridgehead atoms. The van der Waals surface area contributed by atoms with E-state index in [4.69, 9.17) is 0 Å². The van der Waals surface area contributed by atoms with Crippen molar-refractivity contribution in [1.82, 2.24) is 15.5 Å². The van der Waals surface area contributed by atoms with Crippen LogP contribution in [0.25, 0.3) is 0 Å². The second kappa shape index (κ2) is 5.20. The Kier molecular flexibility index (Phi) is 4.20. The van der Waals surface area contributed by atoms with Gasteiger partial charge in [-0.2, -0.15) is 0 Å². The van der Waals surface area contributed by atoms with E-state index in [-0.39, 0.29) is 6.03 Å². The molecule has 4 nitrogen and oxygen atoms in total. The molecule has 2 N–H and O–H groups in total. The Labute approximate surface area is 86.0 Å². The summed E-state index contributed by atoms with van der Waals surface area (Å²) in [6.45, 7) is 8.70. The van der Waals surface area contributed by atoms with Gasteiger partial charge >= 0.3 is 6.03 Å². The van der Waals surface area contributed by atoms with Crippen molar-refractivity contribution in [2.75, 3.05) is 19.6 Å². The lowest BCUT2D eigenvalue weighted by molar-refractivity contribution is 0.150. The van der Waals surface area contributed by atoms with Crippen LogP contribution in [0.2, 0.25) is 0 Å². The van der Waals surface area contributed by atoms with Crippen LogP contribution >= 0.6 is 0 Å². The van der Waals surface area contributed by atoms with E-state index < -0.39 is 0 Å². The van der Waals surface area contributed by atoms with Crippen molar-refractivity contribution in [2.45, 2.75) is 39.3 Å². The lowest BCUT2D eigenvalue weighted by Crippen LogP contribution is -2.58. The minimum Gasteiger partial charge on any atom is -0.338 e. The van der Waals surface area contributed by atoms with Crippen LogP contribution in [0.5, 0.6) is 0 Å². The predicted molar refractivity (Wildman–Crippen MR) is 57.3 cm³/mol. The highest BCUT2D eigenvalue weighted by Crippen LogP contribution is 2.06. The lowest BCUT2D eigenvalue weighted by atomic mass is 10.1. The van der Waals surface area contributed by atoms with Gasteiger partial charge in [0.1, 0.15) is 0 Å². The second-order valence-corrected chi connectivity index (χ2v) is 4.04. The Morgan fingerprint density at radius 1 is 1.57 bits per heavy atom. The van der Waals surface area contributed by atoms with Crippen molar-refractivity contribution in [3.63, 3.8) is 0 Å². The summed E-state index contributed by atoms with van der Waals surface area (Å²) in [6.07, 6.45) is 0.988. The third-order valence-corrected chi connectivity index (χ3v) is 2.55. The Morgan fingerprint density at radius 2 is 2.29 bits per heavy atom. The highest BCUT2D eigenvalue weighted by molar-refractivity contribution is 5.74. The van der Waals surface area contributed by atoms with Gasteiger partial charge in [-0.3, -0.25) is 0 Å². The maximum atomic E-state index is 11.7. The lowest BCUT2D eigenvalue weighted by Gasteiger charge is -2.37. The average Bonchev–Trinajstić information content (AvgIpc) is 2.18. The SMILES string of the molecule is CCCNC(=O)N1CC(C)NCC1C. The first-order valence-corrected chi connectivity index (χ1v) is 5.43. The van der Waals surface area contributed by atoms with Crippen molar-refractivity contribution >= 4 is 6.03 Å². The quantitative estimate of drug-likeness (QED) is 0.690. The zero-order valence-corrected chi connectivity index (χ0v) is 9.34. The van der Waals surface area contributed by atoms with E-state index >= 15 is 0 Å². The summed E-state index contributed by atoms with van der Waals surface area (Å²) < 4.78 is 0. The van der Waals surface area contributed by atoms with E-state index in [1.807, 2.05) is 4.90 Å². The van der Waals surface area contributed by atoms with Crippen LogP contribution < -0.4 is 10.6 Å². The Hall–Kier alpha value is -0.770. The third-order valence-electron chi connectivity index (χ3n) is 2.55. The zero-order valence-electron chi connectivity index (χ0n) is 9.34. The summed E-state index contributed by atoms with van der Waals surface area (Å²) in [7, 11) is 0. The molecule has 0 saturated carbocycles. The molecule has 0 radical (unpaired) electrons. The molecule has 1 fully saturated rings. The van der Waals surface area contributed by atoms with Gasteiger partial charge in [0.2, 0.25) is 0 Å². The molecule has 0 aromatic carbocycles. The molecule has 1 rings (SSSR count). The maximum absolute atomic E-state index is 11.7. The largest absolute Gasteiger partial charge is 0.338 e. The highest BCUT2D eigenvalue weighted by Gasteiger charge is 2.25. The monoisotopic (exact) mass is 199 g/mol. The van der Waals surface area contributed by atoms with Gasteiger partial charge in [-0.05, 0) is 20.3 Å². The molecular weight excluding hydrogens is 178 g/mol. The minimum absolute atomic E-state index is 0.0766. The average molecular weight is 199 g/mol. The van der Waals surface area contributed by atoms with Gasteiger partial charge < -0.3 is 15.5 Å².